The van der Waals surface area contributed by atoms with Crippen LogP contribution in [0.1, 0.15) is 103 Å². The fourth-order valence-electron chi connectivity index (χ4n) is 8.06. The lowest BCUT2D eigenvalue weighted by Gasteiger charge is -2.35. The predicted molar refractivity (Wildman–Crippen MR) is 211 cm³/mol. The molecule has 6 rings (SSSR count). The Kier molecular flexibility index (Phi) is 12.8. The third kappa shape index (κ3) is 8.90. The summed E-state index contributed by atoms with van der Waals surface area (Å²) in [5.41, 5.74) is 11.0. The molecule has 2 heterocycles. The fraction of sp³-hybridized carbons (Fsp3) is 0.476. The van der Waals surface area contributed by atoms with Crippen molar-refractivity contribution < 1.29 is 28.7 Å². The van der Waals surface area contributed by atoms with Crippen LogP contribution in [-0.2, 0) is 19.1 Å². The average molecular weight is 767 g/mol. The van der Waals surface area contributed by atoms with Crippen LogP contribution >= 0.6 is 0 Å². The van der Waals surface area contributed by atoms with E-state index in [4.69, 9.17) is 19.4 Å². The number of aromatic amines is 2. The Bertz CT molecular complexity index is 1830. The smallest absolute Gasteiger partial charge is 0.425 e. The van der Waals surface area contributed by atoms with E-state index in [0.29, 0.717) is 0 Å². The van der Waals surface area contributed by atoms with Gasteiger partial charge in [-0.15, -0.1) is 0 Å². The second-order valence-electron chi connectivity index (χ2n) is 15.3. The largest absolute Gasteiger partial charge is 0.452 e. The number of rotatable bonds is 9. The normalized spacial score (nSPS) is 19.6. The topological polar surface area (TPSA) is 175 Å². The molecule has 2 aliphatic carbocycles. The molecule has 4 atom stereocenters. The number of carbonyl (C=O) groups excluding carboxylic acids is 4. The van der Waals surface area contributed by atoms with Gasteiger partial charge in [-0.25, -0.2) is 40.4 Å². The van der Waals surface area contributed by atoms with Crippen LogP contribution in [0.25, 0.3) is 33.6 Å². The van der Waals surface area contributed by atoms with Gasteiger partial charge in [-0.1, -0.05) is 74.2 Å². The number of amides is 4. The second-order valence-corrected chi connectivity index (χ2v) is 15.3. The van der Waals surface area contributed by atoms with Gasteiger partial charge in [0.05, 0.1) is 38.0 Å². The third-order valence-corrected chi connectivity index (χ3v) is 11.1. The van der Waals surface area contributed by atoms with Crippen LogP contribution in [0.3, 0.4) is 0 Å². The highest BCUT2D eigenvalue weighted by Crippen LogP contribution is 2.40. The Morgan fingerprint density at radius 1 is 0.589 bits per heavy atom. The maximum absolute atomic E-state index is 13.7. The second kappa shape index (κ2) is 17.9. The number of ether oxygens (including phenoxy) is 2. The van der Waals surface area contributed by atoms with Crippen molar-refractivity contribution in [1.29, 1.82) is 0 Å². The highest BCUT2D eigenvalue weighted by atomic mass is 16.5. The molecule has 56 heavy (non-hydrogen) atoms. The van der Waals surface area contributed by atoms with Crippen molar-refractivity contribution in [3.05, 3.63) is 72.6 Å². The lowest BCUT2D eigenvalue weighted by atomic mass is 9.78. The van der Waals surface area contributed by atoms with Crippen LogP contribution in [0.2, 0.25) is 0 Å². The number of methoxy groups -OCH3 is 2. The molecule has 2 aromatic carbocycles. The molecule has 4 aromatic rings. The van der Waals surface area contributed by atoms with Crippen molar-refractivity contribution in [1.82, 2.24) is 40.8 Å². The van der Waals surface area contributed by atoms with Crippen molar-refractivity contribution in [2.75, 3.05) is 14.2 Å². The molecule has 0 radical (unpaired) electrons. The fourth-order valence-corrected chi connectivity index (χ4v) is 8.06. The predicted octanol–water partition coefficient (Wildman–Crippen LogP) is 7.70. The van der Waals surface area contributed by atoms with Crippen molar-refractivity contribution in [2.24, 2.45) is 11.8 Å². The van der Waals surface area contributed by atoms with E-state index >= 15 is 0 Å². The quantitative estimate of drug-likeness (QED) is 0.125. The van der Waals surface area contributed by atoms with E-state index in [2.05, 4.69) is 69.4 Å². The van der Waals surface area contributed by atoms with Gasteiger partial charge in [-0.3, -0.25) is 9.59 Å². The Balaban J connectivity index is 1.12. The maximum Gasteiger partial charge on any atom is 0.425 e. The van der Waals surface area contributed by atoms with E-state index in [1.807, 2.05) is 40.1 Å². The van der Waals surface area contributed by atoms with Gasteiger partial charge in [0.2, 0.25) is 11.8 Å². The van der Waals surface area contributed by atoms with Crippen LogP contribution in [0.4, 0.5) is 9.59 Å². The van der Waals surface area contributed by atoms with Gasteiger partial charge in [0.15, 0.2) is 0 Å². The molecule has 2 unspecified atom stereocenters. The number of nitrogens with one attached hydrogen (secondary N) is 4. The molecular weight excluding hydrogens is 713 g/mol. The van der Waals surface area contributed by atoms with E-state index in [1.54, 1.807) is 0 Å². The van der Waals surface area contributed by atoms with Gasteiger partial charge >= 0.3 is 12.2 Å². The zero-order chi connectivity index (χ0) is 39.9. The summed E-state index contributed by atoms with van der Waals surface area (Å²) < 4.78 is 9.51. The molecule has 0 spiro atoms. The molecule has 0 bridgehead atoms. The first-order valence-electron chi connectivity index (χ1n) is 19.6. The zero-order valence-electron chi connectivity index (χ0n) is 33.1. The van der Waals surface area contributed by atoms with E-state index in [9.17, 15) is 19.2 Å². The van der Waals surface area contributed by atoms with Gasteiger partial charge in [-0.2, -0.15) is 0 Å². The molecule has 2 aliphatic rings. The number of hydrogen-bond donors (Lipinski definition) is 4. The van der Waals surface area contributed by atoms with Crippen LogP contribution in [0.5, 0.6) is 0 Å². The Morgan fingerprint density at radius 3 is 1.27 bits per heavy atom. The minimum Gasteiger partial charge on any atom is -0.452 e. The average Bonchev–Trinajstić information content (AvgIpc) is 3.93. The molecule has 0 aliphatic heterocycles. The van der Waals surface area contributed by atoms with Crippen LogP contribution in [0.15, 0.2) is 60.9 Å². The van der Waals surface area contributed by atoms with Crippen molar-refractivity contribution in [3.63, 3.8) is 0 Å². The van der Waals surface area contributed by atoms with Gasteiger partial charge in [0.1, 0.15) is 11.6 Å². The molecule has 2 aromatic heterocycles. The molecule has 14 nitrogen and oxygen atoms in total. The molecule has 0 saturated heterocycles. The van der Waals surface area contributed by atoms with Crippen LogP contribution in [-0.4, -0.2) is 80.3 Å². The standard InChI is InChI=1S/C42H54N8O6/c1-25(2)49(47-41(53)55-5)39(51)33-13-9-7-11-31(33)37-43-23-35(45-37)29-19-15-27(16-20-29)28-17-21-30(22-18-28)36-24-44-38(46-36)32-12-8-10-14-34(32)40(52)50(26(3)4)48-42(54)56-6/h15-26,31-34H,7-14H2,1-6H3,(H,43,45)(H,44,46)(H,47,53)(H,48,54)/t31?,32?,33-,34+. The molecule has 2 fully saturated rings. The number of benzene rings is 2. The summed E-state index contributed by atoms with van der Waals surface area (Å²) in [6, 6.07) is 16.1. The SMILES string of the molecule is COC(=O)NN(C(=O)[C@H]1CCCCC1c1ncc(-c2ccc(-c3ccc(-c4cnc(C5CCCC[C@H]5C(=O)N(NC(=O)OC)C(C)C)[nH]4)cc3)cc2)[nH]1)C(C)C. The summed E-state index contributed by atoms with van der Waals surface area (Å²) in [6.45, 7) is 7.44. The minimum absolute atomic E-state index is 0.0911. The van der Waals surface area contributed by atoms with Crippen molar-refractivity contribution in [3.8, 4) is 33.6 Å². The molecule has 2 saturated carbocycles. The van der Waals surface area contributed by atoms with E-state index in [0.717, 1.165) is 96.7 Å². The number of aromatic nitrogens is 4. The molecular formula is C42H54N8O6. The Morgan fingerprint density at radius 2 is 0.929 bits per heavy atom. The lowest BCUT2D eigenvalue weighted by Crippen LogP contribution is -2.53. The molecule has 14 heteroatoms. The van der Waals surface area contributed by atoms with Crippen molar-refractivity contribution in [2.45, 2.75) is 103 Å². The maximum atomic E-state index is 13.7. The lowest BCUT2D eigenvalue weighted by molar-refractivity contribution is -0.143. The van der Waals surface area contributed by atoms with E-state index in [-0.39, 0.29) is 47.6 Å². The number of hydrazine groups is 2. The first kappa shape index (κ1) is 40.0. The molecule has 4 amide bonds. The van der Waals surface area contributed by atoms with Crippen molar-refractivity contribution >= 4 is 24.0 Å². The summed E-state index contributed by atoms with van der Waals surface area (Å²) in [4.78, 5) is 67.8. The van der Waals surface area contributed by atoms with Gasteiger partial charge < -0.3 is 19.4 Å². The Hall–Kier alpha value is -5.66. The number of H-pyrrole nitrogens is 2. The number of carbonyl (C=O) groups is 4. The summed E-state index contributed by atoms with van der Waals surface area (Å²) in [7, 11) is 2.56. The molecule has 298 valence electrons. The van der Waals surface area contributed by atoms with E-state index in [1.165, 1.54) is 24.2 Å². The first-order valence-corrected chi connectivity index (χ1v) is 19.6. The third-order valence-electron chi connectivity index (χ3n) is 11.1. The van der Waals surface area contributed by atoms with Gasteiger partial charge in [0, 0.05) is 35.8 Å². The van der Waals surface area contributed by atoms with E-state index < -0.39 is 12.2 Å². The first-order chi connectivity index (χ1) is 27.0. The molecule has 4 N–H and O–H groups in total. The number of hydrogen-bond acceptors (Lipinski definition) is 8. The summed E-state index contributed by atoms with van der Waals surface area (Å²) in [6.07, 6.45) is 9.30. The highest BCUT2D eigenvalue weighted by molar-refractivity contribution is 5.83. The van der Waals surface area contributed by atoms with Gasteiger partial charge in [0.25, 0.3) is 0 Å². The number of nitrogens with zero attached hydrogens (tertiary/aromatic N) is 4. The number of imidazole rings is 2. The Labute approximate surface area is 328 Å². The zero-order valence-corrected chi connectivity index (χ0v) is 33.1. The summed E-state index contributed by atoms with van der Waals surface area (Å²) >= 11 is 0. The highest BCUT2D eigenvalue weighted by Gasteiger charge is 2.39. The summed E-state index contributed by atoms with van der Waals surface area (Å²) in [5, 5.41) is 2.76. The van der Waals surface area contributed by atoms with Gasteiger partial charge in [-0.05, 0) is 75.6 Å². The minimum atomic E-state index is -0.669. The van der Waals surface area contributed by atoms with Crippen LogP contribution < -0.4 is 10.9 Å². The monoisotopic (exact) mass is 766 g/mol. The summed E-state index contributed by atoms with van der Waals surface area (Å²) in [5.74, 6) is 0.480. The van der Waals surface area contributed by atoms with Crippen LogP contribution in [0, 0.1) is 11.8 Å².